The summed E-state index contributed by atoms with van der Waals surface area (Å²) in [6.07, 6.45) is 78.7. The van der Waals surface area contributed by atoms with Crippen molar-refractivity contribution in [2.45, 2.75) is 347 Å². The van der Waals surface area contributed by atoms with E-state index in [1.807, 2.05) is 6.08 Å². The van der Waals surface area contributed by atoms with Gasteiger partial charge in [-0.15, -0.1) is 0 Å². The Kier molecular flexibility index (Phi) is 59.5. The number of carbonyl (C=O) groups is 2. The highest BCUT2D eigenvalue weighted by Gasteiger charge is 2.18. The molecule has 0 aromatic rings. The third-order valence-corrected chi connectivity index (χ3v) is 14.6. The zero-order chi connectivity index (χ0) is 52.2. The molecule has 0 aliphatic heterocycles. The first-order valence-electron chi connectivity index (χ1n) is 31.9. The van der Waals surface area contributed by atoms with E-state index in [-0.39, 0.29) is 18.5 Å². The molecule has 0 aromatic carbocycles. The van der Waals surface area contributed by atoms with Crippen molar-refractivity contribution in [1.82, 2.24) is 5.32 Å². The SMILES string of the molecule is CCCC/C=C\CCCCCCCC(=O)OCCCCCCCCCCC/C=C\C/C=C\CCCCCCCCCCCC(=O)NC(CO)C(O)/C=C/CCCCCCCCCCCCCCCCCCC. The molecule has 0 heterocycles. The molecule has 0 radical (unpaired) electrons. The quantitative estimate of drug-likeness (QED) is 0.0320. The van der Waals surface area contributed by atoms with Crippen LogP contribution in [0.3, 0.4) is 0 Å². The lowest BCUT2D eigenvalue weighted by Gasteiger charge is -2.20. The minimum absolute atomic E-state index is 0.00282. The number of unbranched alkanes of at least 4 members (excludes halogenated alkanes) is 42. The van der Waals surface area contributed by atoms with Crippen LogP contribution in [0.2, 0.25) is 0 Å². The van der Waals surface area contributed by atoms with Gasteiger partial charge in [-0.1, -0.05) is 287 Å². The first-order chi connectivity index (χ1) is 35.5. The van der Waals surface area contributed by atoms with Gasteiger partial charge in [0.2, 0.25) is 5.91 Å². The summed E-state index contributed by atoms with van der Waals surface area (Å²) in [5.41, 5.74) is 0. The van der Waals surface area contributed by atoms with Crippen LogP contribution in [0, 0.1) is 0 Å². The standard InChI is InChI=1S/C66H123NO5/c1-3-5-7-9-11-13-15-16-17-18-26-29-32-35-39-42-46-50-54-58-64(69)63(62-68)67-65(70)59-55-51-47-43-40-36-33-30-27-24-22-20-19-21-23-25-28-31-34-37-41-45-49-53-57-61-72-66(71)60-56-52-48-44-38-14-12-10-8-6-4-2/h10,12,20-23,54,58,63-64,68-69H,3-9,11,13-19,24-53,55-57,59-62H2,1-2H3,(H,67,70)/b12-10-,22-20-,23-21-,58-54+. The molecule has 0 bridgehead atoms. The van der Waals surface area contributed by atoms with E-state index in [0.29, 0.717) is 19.4 Å². The van der Waals surface area contributed by atoms with E-state index in [4.69, 9.17) is 4.74 Å². The highest BCUT2D eigenvalue weighted by atomic mass is 16.5. The van der Waals surface area contributed by atoms with Gasteiger partial charge in [-0.05, 0) is 83.5 Å². The van der Waals surface area contributed by atoms with Crippen LogP contribution in [0.1, 0.15) is 335 Å². The summed E-state index contributed by atoms with van der Waals surface area (Å²) in [4.78, 5) is 24.5. The summed E-state index contributed by atoms with van der Waals surface area (Å²) in [7, 11) is 0. The van der Waals surface area contributed by atoms with Crippen LogP contribution >= 0.6 is 0 Å². The van der Waals surface area contributed by atoms with Crippen LogP contribution in [0.25, 0.3) is 0 Å². The Morgan fingerprint density at radius 1 is 0.389 bits per heavy atom. The van der Waals surface area contributed by atoms with E-state index in [9.17, 15) is 19.8 Å². The van der Waals surface area contributed by atoms with E-state index in [1.54, 1.807) is 6.08 Å². The van der Waals surface area contributed by atoms with Crippen molar-refractivity contribution in [2.24, 2.45) is 0 Å². The topological polar surface area (TPSA) is 95.9 Å². The number of ether oxygens (including phenoxy) is 1. The van der Waals surface area contributed by atoms with Gasteiger partial charge in [0.25, 0.3) is 0 Å². The van der Waals surface area contributed by atoms with Crippen LogP contribution in [-0.4, -0.2) is 47.4 Å². The van der Waals surface area contributed by atoms with E-state index in [1.165, 1.54) is 257 Å². The fraction of sp³-hybridized carbons (Fsp3) is 0.848. The third kappa shape index (κ3) is 57.1. The van der Waals surface area contributed by atoms with E-state index < -0.39 is 12.1 Å². The average Bonchev–Trinajstić information content (AvgIpc) is 3.38. The van der Waals surface area contributed by atoms with Gasteiger partial charge in [0.1, 0.15) is 0 Å². The third-order valence-electron chi connectivity index (χ3n) is 14.6. The Balaban J connectivity index is 3.48. The van der Waals surface area contributed by atoms with Gasteiger partial charge in [0.05, 0.1) is 25.4 Å². The molecular formula is C66H123NO5. The predicted molar refractivity (Wildman–Crippen MR) is 315 cm³/mol. The second-order valence-electron chi connectivity index (χ2n) is 21.7. The van der Waals surface area contributed by atoms with Gasteiger partial charge in [-0.25, -0.2) is 0 Å². The molecule has 6 nitrogen and oxygen atoms in total. The Labute approximate surface area is 448 Å². The number of carbonyl (C=O) groups excluding carboxylic acids is 2. The molecule has 0 aliphatic carbocycles. The van der Waals surface area contributed by atoms with E-state index in [0.717, 1.165) is 51.4 Å². The van der Waals surface area contributed by atoms with Crippen molar-refractivity contribution in [3.05, 3.63) is 48.6 Å². The summed E-state index contributed by atoms with van der Waals surface area (Å²) in [5, 5.41) is 23.2. The molecule has 2 unspecified atom stereocenters. The summed E-state index contributed by atoms with van der Waals surface area (Å²) < 4.78 is 5.45. The Bertz CT molecular complexity index is 1210. The first-order valence-corrected chi connectivity index (χ1v) is 31.9. The maximum Gasteiger partial charge on any atom is 0.305 e. The molecule has 0 aromatic heterocycles. The first kappa shape index (κ1) is 69.8. The molecule has 422 valence electrons. The molecule has 0 saturated carbocycles. The van der Waals surface area contributed by atoms with Crippen molar-refractivity contribution in [3.8, 4) is 0 Å². The van der Waals surface area contributed by atoms with Gasteiger partial charge >= 0.3 is 5.97 Å². The number of esters is 1. The number of hydrogen-bond acceptors (Lipinski definition) is 5. The Morgan fingerprint density at radius 2 is 0.708 bits per heavy atom. The maximum atomic E-state index is 12.5. The summed E-state index contributed by atoms with van der Waals surface area (Å²) in [6, 6.07) is -0.634. The average molecular weight is 1010 g/mol. The summed E-state index contributed by atoms with van der Waals surface area (Å²) in [6.45, 7) is 4.87. The van der Waals surface area contributed by atoms with Crippen LogP contribution in [0.5, 0.6) is 0 Å². The largest absolute Gasteiger partial charge is 0.466 e. The number of amides is 1. The molecular weight excluding hydrogens is 887 g/mol. The smallest absolute Gasteiger partial charge is 0.305 e. The van der Waals surface area contributed by atoms with Gasteiger partial charge in [0, 0.05) is 12.8 Å². The number of nitrogens with one attached hydrogen (secondary N) is 1. The minimum Gasteiger partial charge on any atom is -0.466 e. The number of allylic oxidation sites excluding steroid dienone is 7. The van der Waals surface area contributed by atoms with Crippen molar-refractivity contribution >= 4 is 11.9 Å². The minimum atomic E-state index is -0.850. The molecule has 72 heavy (non-hydrogen) atoms. The van der Waals surface area contributed by atoms with Gasteiger partial charge in [0.15, 0.2) is 0 Å². The maximum absolute atomic E-state index is 12.5. The normalized spacial score (nSPS) is 12.9. The van der Waals surface area contributed by atoms with Gasteiger partial charge < -0.3 is 20.3 Å². The zero-order valence-corrected chi connectivity index (χ0v) is 48.2. The molecule has 0 spiro atoms. The number of aliphatic hydroxyl groups is 2. The molecule has 0 fully saturated rings. The lowest BCUT2D eigenvalue weighted by molar-refractivity contribution is -0.143. The molecule has 2 atom stereocenters. The van der Waals surface area contributed by atoms with Crippen molar-refractivity contribution in [3.63, 3.8) is 0 Å². The van der Waals surface area contributed by atoms with E-state index >= 15 is 0 Å². The molecule has 0 saturated heterocycles. The summed E-state index contributed by atoms with van der Waals surface area (Å²) >= 11 is 0. The molecule has 1 amide bonds. The highest BCUT2D eigenvalue weighted by molar-refractivity contribution is 5.76. The van der Waals surface area contributed by atoms with Crippen LogP contribution in [0.15, 0.2) is 48.6 Å². The summed E-state index contributed by atoms with van der Waals surface area (Å²) in [5.74, 6) is -0.0751. The van der Waals surface area contributed by atoms with Crippen molar-refractivity contribution in [1.29, 1.82) is 0 Å². The highest BCUT2D eigenvalue weighted by Crippen LogP contribution is 2.17. The number of aliphatic hydroxyl groups excluding tert-OH is 2. The lowest BCUT2D eigenvalue weighted by atomic mass is 10.0. The molecule has 0 aliphatic rings. The predicted octanol–water partition coefficient (Wildman–Crippen LogP) is 20.1. The fourth-order valence-electron chi connectivity index (χ4n) is 9.65. The lowest BCUT2D eigenvalue weighted by Crippen LogP contribution is -2.45. The van der Waals surface area contributed by atoms with Crippen LogP contribution in [-0.2, 0) is 14.3 Å². The van der Waals surface area contributed by atoms with Crippen molar-refractivity contribution in [2.75, 3.05) is 13.2 Å². The fourth-order valence-corrected chi connectivity index (χ4v) is 9.65. The number of hydrogen-bond donors (Lipinski definition) is 3. The second kappa shape index (κ2) is 61.4. The van der Waals surface area contributed by atoms with Gasteiger partial charge in [-0.3, -0.25) is 9.59 Å². The molecule has 6 heteroatoms. The van der Waals surface area contributed by atoms with E-state index in [2.05, 4.69) is 55.6 Å². The van der Waals surface area contributed by atoms with Crippen molar-refractivity contribution < 1.29 is 24.5 Å². The molecule has 3 N–H and O–H groups in total. The van der Waals surface area contributed by atoms with Gasteiger partial charge in [-0.2, -0.15) is 0 Å². The monoisotopic (exact) mass is 1010 g/mol. The molecule has 0 rings (SSSR count). The Hall–Kier alpha value is -2.18. The van der Waals surface area contributed by atoms with Crippen LogP contribution in [0.4, 0.5) is 0 Å². The zero-order valence-electron chi connectivity index (χ0n) is 48.2. The number of rotatable bonds is 59. The van der Waals surface area contributed by atoms with Crippen LogP contribution < -0.4 is 5.32 Å². The Morgan fingerprint density at radius 3 is 1.11 bits per heavy atom. The second-order valence-corrected chi connectivity index (χ2v) is 21.7.